The van der Waals surface area contributed by atoms with Crippen molar-refractivity contribution in [3.63, 3.8) is 0 Å². The quantitative estimate of drug-likeness (QED) is 0.794. The smallest absolute Gasteiger partial charge is 0.238 e. The molecule has 1 aliphatic rings. The Hall–Kier alpha value is -0.650. The number of carbonyl (C=O) groups is 1. The van der Waals surface area contributed by atoms with Crippen molar-refractivity contribution in [1.29, 1.82) is 0 Å². The molecule has 0 spiro atoms. The van der Waals surface area contributed by atoms with Gasteiger partial charge in [0.15, 0.2) is 0 Å². The molecule has 1 fully saturated rings. The van der Waals surface area contributed by atoms with E-state index < -0.39 is 5.54 Å². The summed E-state index contributed by atoms with van der Waals surface area (Å²) in [5.74, 6) is -0.312. The molecule has 20 heavy (non-hydrogen) atoms. The molecule has 0 aromatic carbocycles. The minimum atomic E-state index is -0.725. The lowest BCUT2D eigenvalue weighted by Crippen LogP contribution is -2.66. The van der Waals surface area contributed by atoms with E-state index in [0.717, 1.165) is 13.1 Å². The highest BCUT2D eigenvalue weighted by Crippen LogP contribution is 2.28. The Balaban J connectivity index is 2.86. The molecule has 0 aromatic heterocycles. The maximum absolute atomic E-state index is 11.9. The molecule has 1 aliphatic heterocycles. The fourth-order valence-corrected chi connectivity index (χ4v) is 3.34. The molecule has 1 amide bonds. The van der Waals surface area contributed by atoms with Crippen molar-refractivity contribution < 1.29 is 9.53 Å². The maximum Gasteiger partial charge on any atom is 0.238 e. The van der Waals surface area contributed by atoms with E-state index in [-0.39, 0.29) is 23.2 Å². The van der Waals surface area contributed by atoms with E-state index in [2.05, 4.69) is 37.9 Å². The molecule has 1 unspecified atom stereocenters. The minimum Gasteiger partial charge on any atom is -0.368 e. The van der Waals surface area contributed by atoms with Gasteiger partial charge in [-0.3, -0.25) is 9.69 Å². The van der Waals surface area contributed by atoms with Crippen LogP contribution in [0.1, 0.15) is 48.5 Å². The van der Waals surface area contributed by atoms with Gasteiger partial charge in [-0.1, -0.05) is 0 Å². The minimum absolute atomic E-state index is 0.203. The highest BCUT2D eigenvalue weighted by molar-refractivity contribution is 5.84. The van der Waals surface area contributed by atoms with Crippen LogP contribution in [0.4, 0.5) is 0 Å². The molecule has 1 rings (SSSR count). The summed E-state index contributed by atoms with van der Waals surface area (Å²) in [5, 5.41) is 3.30. The maximum atomic E-state index is 11.9. The second kappa shape index (κ2) is 5.62. The van der Waals surface area contributed by atoms with Crippen LogP contribution in [0.25, 0.3) is 0 Å². The third kappa shape index (κ3) is 4.72. The predicted molar refractivity (Wildman–Crippen MR) is 81.6 cm³/mol. The normalized spacial score (nSPS) is 25.4. The number of morpholine rings is 1. The SMILES string of the molecule is CC(C)NC(C)(CN1CC(C)(C)OC(C)(C)C1)C(N)=O. The Morgan fingerprint density at radius 2 is 1.75 bits per heavy atom. The summed E-state index contributed by atoms with van der Waals surface area (Å²) in [6.45, 7) is 16.4. The molecule has 1 atom stereocenters. The zero-order valence-electron chi connectivity index (χ0n) is 14.0. The Morgan fingerprint density at radius 3 is 2.10 bits per heavy atom. The number of primary amides is 1. The average Bonchev–Trinajstić information content (AvgIpc) is 2.09. The largest absolute Gasteiger partial charge is 0.368 e. The summed E-state index contributed by atoms with van der Waals surface area (Å²) >= 11 is 0. The van der Waals surface area contributed by atoms with Gasteiger partial charge in [0.25, 0.3) is 0 Å². The van der Waals surface area contributed by atoms with Crippen LogP contribution in [0, 0.1) is 0 Å². The van der Waals surface area contributed by atoms with Crippen LogP contribution >= 0.6 is 0 Å². The van der Waals surface area contributed by atoms with E-state index in [1.807, 2.05) is 20.8 Å². The Bertz CT molecular complexity index is 350. The molecule has 0 aromatic rings. The standard InChI is InChI=1S/C15H31N3O2/c1-11(2)17-15(7,12(16)19)10-18-8-13(3,4)20-14(5,6)9-18/h11,17H,8-10H2,1-7H3,(H2,16,19). The Kier molecular flexibility index (Phi) is 4.89. The van der Waals surface area contributed by atoms with Crippen LogP contribution in [0.3, 0.4) is 0 Å². The number of nitrogens with two attached hydrogens (primary N) is 1. The first-order valence-corrected chi connectivity index (χ1v) is 7.35. The van der Waals surface area contributed by atoms with Gasteiger partial charge in [0.2, 0.25) is 5.91 Å². The van der Waals surface area contributed by atoms with Crippen LogP contribution in [-0.4, -0.2) is 53.2 Å². The number of rotatable bonds is 5. The number of carbonyl (C=O) groups excluding carboxylic acids is 1. The summed E-state index contributed by atoms with van der Waals surface area (Å²) in [4.78, 5) is 14.1. The van der Waals surface area contributed by atoms with Gasteiger partial charge in [0, 0.05) is 25.7 Å². The van der Waals surface area contributed by atoms with E-state index in [9.17, 15) is 4.79 Å². The summed E-state index contributed by atoms with van der Waals surface area (Å²) < 4.78 is 6.07. The number of hydrogen-bond donors (Lipinski definition) is 2. The molecule has 3 N–H and O–H groups in total. The van der Waals surface area contributed by atoms with Gasteiger partial charge in [-0.25, -0.2) is 0 Å². The van der Waals surface area contributed by atoms with Crippen LogP contribution in [0.2, 0.25) is 0 Å². The first-order valence-electron chi connectivity index (χ1n) is 7.35. The third-order valence-corrected chi connectivity index (χ3v) is 3.45. The van der Waals surface area contributed by atoms with Gasteiger partial charge in [-0.05, 0) is 48.5 Å². The number of nitrogens with zero attached hydrogens (tertiary/aromatic N) is 1. The number of amides is 1. The molecular formula is C15H31N3O2. The second-order valence-corrected chi connectivity index (χ2v) is 7.76. The number of ether oxygens (including phenoxy) is 1. The van der Waals surface area contributed by atoms with E-state index in [1.165, 1.54) is 0 Å². The van der Waals surface area contributed by atoms with Gasteiger partial charge >= 0.3 is 0 Å². The van der Waals surface area contributed by atoms with Crippen molar-refractivity contribution in [1.82, 2.24) is 10.2 Å². The van der Waals surface area contributed by atoms with Crippen molar-refractivity contribution in [2.75, 3.05) is 19.6 Å². The van der Waals surface area contributed by atoms with Crippen LogP contribution in [-0.2, 0) is 9.53 Å². The molecule has 0 saturated carbocycles. The number of nitrogens with one attached hydrogen (secondary N) is 1. The molecule has 0 aliphatic carbocycles. The molecule has 5 heteroatoms. The second-order valence-electron chi connectivity index (χ2n) is 7.76. The molecule has 1 saturated heterocycles. The van der Waals surface area contributed by atoms with Crippen molar-refractivity contribution in [3.05, 3.63) is 0 Å². The topological polar surface area (TPSA) is 67.6 Å². The molecule has 0 bridgehead atoms. The summed E-state index contributed by atoms with van der Waals surface area (Å²) in [6.07, 6.45) is 0. The summed E-state index contributed by atoms with van der Waals surface area (Å²) in [7, 11) is 0. The van der Waals surface area contributed by atoms with Gasteiger partial charge in [0.05, 0.1) is 11.2 Å². The lowest BCUT2D eigenvalue weighted by atomic mass is 9.94. The lowest BCUT2D eigenvalue weighted by molar-refractivity contribution is -0.183. The monoisotopic (exact) mass is 285 g/mol. The van der Waals surface area contributed by atoms with E-state index >= 15 is 0 Å². The van der Waals surface area contributed by atoms with Gasteiger partial charge < -0.3 is 15.8 Å². The van der Waals surface area contributed by atoms with Gasteiger partial charge in [-0.2, -0.15) is 0 Å². The molecular weight excluding hydrogens is 254 g/mol. The van der Waals surface area contributed by atoms with E-state index in [0.29, 0.717) is 6.54 Å². The van der Waals surface area contributed by atoms with E-state index in [1.54, 1.807) is 0 Å². The molecule has 5 nitrogen and oxygen atoms in total. The highest BCUT2D eigenvalue weighted by atomic mass is 16.5. The zero-order valence-corrected chi connectivity index (χ0v) is 14.0. The summed E-state index contributed by atoms with van der Waals surface area (Å²) in [6, 6.07) is 0.203. The van der Waals surface area contributed by atoms with Crippen molar-refractivity contribution in [3.8, 4) is 0 Å². The van der Waals surface area contributed by atoms with Crippen LogP contribution in [0.5, 0.6) is 0 Å². The van der Waals surface area contributed by atoms with Crippen LogP contribution in [0.15, 0.2) is 0 Å². The zero-order chi connectivity index (χ0) is 15.8. The first kappa shape index (κ1) is 17.4. The summed E-state index contributed by atoms with van der Waals surface area (Å²) in [5.41, 5.74) is 4.44. The van der Waals surface area contributed by atoms with Crippen molar-refractivity contribution in [2.45, 2.75) is 71.2 Å². The van der Waals surface area contributed by atoms with Gasteiger partial charge in [-0.15, -0.1) is 0 Å². The predicted octanol–water partition coefficient (Wildman–Crippen LogP) is 1.12. The number of hydrogen-bond acceptors (Lipinski definition) is 4. The fourth-order valence-electron chi connectivity index (χ4n) is 3.34. The molecule has 0 radical (unpaired) electrons. The highest BCUT2D eigenvalue weighted by Gasteiger charge is 2.42. The lowest BCUT2D eigenvalue weighted by Gasteiger charge is -2.49. The third-order valence-electron chi connectivity index (χ3n) is 3.45. The van der Waals surface area contributed by atoms with Gasteiger partial charge in [0.1, 0.15) is 5.54 Å². The fraction of sp³-hybridized carbons (Fsp3) is 0.933. The first-order chi connectivity index (χ1) is 8.85. The van der Waals surface area contributed by atoms with Crippen LogP contribution < -0.4 is 11.1 Å². The molecule has 118 valence electrons. The van der Waals surface area contributed by atoms with Crippen molar-refractivity contribution in [2.24, 2.45) is 5.73 Å². The Morgan fingerprint density at radius 1 is 1.30 bits per heavy atom. The van der Waals surface area contributed by atoms with E-state index in [4.69, 9.17) is 10.5 Å². The average molecular weight is 285 g/mol. The van der Waals surface area contributed by atoms with Crippen molar-refractivity contribution >= 4 is 5.91 Å². The molecule has 1 heterocycles. The Labute approximate surface area is 123 Å².